The molecule has 2 aliphatic rings. The van der Waals surface area contributed by atoms with Crippen LogP contribution in [-0.2, 0) is 6.42 Å². The molecule has 1 aliphatic heterocycles. The molecule has 2 aromatic rings. The van der Waals surface area contributed by atoms with Crippen LogP contribution in [0.4, 0.5) is 5.69 Å². The Kier molecular flexibility index (Phi) is 10.5. The molecule has 2 aromatic carbocycles. The SMILES string of the molecule is CC.CC[N-]c1ccc2c(-c3ccccc3CC)c3ccc(=[NH+]CC)cc-3oc2c1.[K+]. The van der Waals surface area contributed by atoms with Crippen molar-refractivity contribution in [2.75, 3.05) is 13.1 Å². The van der Waals surface area contributed by atoms with Crippen LogP contribution < -0.4 is 61.7 Å². The molecule has 4 rings (SSSR count). The third kappa shape index (κ3) is 5.68. The Hall–Kier alpha value is -1.43. The van der Waals surface area contributed by atoms with Gasteiger partial charge < -0.3 is 9.73 Å². The Morgan fingerprint density at radius 2 is 1.65 bits per heavy atom. The number of aryl methyl sites for hydroxylation is 1. The Morgan fingerprint density at radius 1 is 0.871 bits per heavy atom. The Morgan fingerprint density at radius 3 is 2.35 bits per heavy atom. The summed E-state index contributed by atoms with van der Waals surface area (Å²) in [6.07, 6.45) is 0.990. The van der Waals surface area contributed by atoms with E-state index in [1.165, 1.54) is 16.7 Å². The molecule has 0 saturated heterocycles. The van der Waals surface area contributed by atoms with Crippen LogP contribution in [0.5, 0.6) is 0 Å². The summed E-state index contributed by atoms with van der Waals surface area (Å²) in [6.45, 7) is 12.0. The largest absolute Gasteiger partial charge is 1.00 e. The van der Waals surface area contributed by atoms with Gasteiger partial charge in [0.15, 0.2) is 0 Å². The van der Waals surface area contributed by atoms with E-state index in [9.17, 15) is 0 Å². The second-order valence-corrected chi connectivity index (χ2v) is 6.88. The number of nitrogens with zero attached hydrogens (tertiary/aromatic N) is 1. The molecule has 0 bridgehead atoms. The molecule has 0 radical (unpaired) electrons. The Balaban J connectivity index is 0.00000111. The number of rotatable bonds is 5. The van der Waals surface area contributed by atoms with Gasteiger partial charge in [-0.15, -0.1) is 12.2 Å². The standard InChI is InChI=1S/C25H25N2O.C2H6.K/c1-4-17-9-7-8-10-20(17)25-21-13-11-18(26-5-2)15-23(21)28-24-16-19(27-6-3)12-14-22(24)25;1-2;/h7-16H,4-6H2,1-3H3;1-2H3;/q-1;;+1/p+1. The fourth-order valence-electron chi connectivity index (χ4n) is 3.84. The molecule has 0 spiro atoms. The first-order valence-electron chi connectivity index (χ1n) is 11.1. The fraction of sp³-hybridized carbons (Fsp3) is 0.296. The van der Waals surface area contributed by atoms with Gasteiger partial charge >= 0.3 is 51.4 Å². The van der Waals surface area contributed by atoms with E-state index in [4.69, 9.17) is 4.42 Å². The van der Waals surface area contributed by atoms with Gasteiger partial charge in [0.1, 0.15) is 17.9 Å². The second-order valence-electron chi connectivity index (χ2n) is 6.88. The van der Waals surface area contributed by atoms with Gasteiger partial charge in [-0.25, -0.2) is 4.99 Å². The number of fused-ring (bicyclic) bond motifs is 2. The van der Waals surface area contributed by atoms with Gasteiger partial charge in [-0.05, 0) is 36.6 Å². The van der Waals surface area contributed by atoms with E-state index in [0.29, 0.717) is 0 Å². The predicted octanol–water partition coefficient (Wildman–Crippen LogP) is 2.82. The van der Waals surface area contributed by atoms with Gasteiger partial charge in [-0.3, -0.25) is 0 Å². The predicted molar refractivity (Wildman–Crippen MR) is 127 cm³/mol. The zero-order valence-corrected chi connectivity index (χ0v) is 22.9. The van der Waals surface area contributed by atoms with Crippen molar-refractivity contribution in [3.63, 3.8) is 0 Å². The summed E-state index contributed by atoms with van der Waals surface area (Å²) < 4.78 is 6.36. The van der Waals surface area contributed by atoms with Gasteiger partial charge in [0.25, 0.3) is 0 Å². The van der Waals surface area contributed by atoms with Crippen LogP contribution in [0.25, 0.3) is 38.7 Å². The third-order valence-corrected chi connectivity index (χ3v) is 5.09. The number of hydrogen-bond acceptors (Lipinski definition) is 1. The molecule has 0 saturated carbocycles. The quantitative estimate of drug-likeness (QED) is 0.377. The van der Waals surface area contributed by atoms with Gasteiger partial charge in [-0.1, -0.05) is 64.1 Å². The fourth-order valence-corrected chi connectivity index (χ4v) is 3.84. The van der Waals surface area contributed by atoms with Crippen LogP contribution in [0.1, 0.15) is 40.2 Å². The Bertz CT molecular complexity index is 1160. The molecule has 0 atom stereocenters. The van der Waals surface area contributed by atoms with Crippen LogP contribution in [0, 0.1) is 0 Å². The van der Waals surface area contributed by atoms with Gasteiger partial charge in [0.05, 0.1) is 6.07 Å². The van der Waals surface area contributed by atoms with Crippen molar-refractivity contribution in [2.45, 2.75) is 41.0 Å². The smallest absolute Gasteiger partial charge is 0.684 e. The maximum absolute atomic E-state index is 6.36. The molecule has 1 N–H and O–H groups in total. The summed E-state index contributed by atoms with van der Waals surface area (Å²) in [5, 5.41) is 6.74. The van der Waals surface area contributed by atoms with E-state index in [1.54, 1.807) is 0 Å². The topological polar surface area (TPSA) is 41.2 Å². The zero-order valence-electron chi connectivity index (χ0n) is 19.8. The van der Waals surface area contributed by atoms with E-state index < -0.39 is 0 Å². The molecule has 4 heteroatoms. The summed E-state index contributed by atoms with van der Waals surface area (Å²) in [5.41, 5.74) is 6.81. The van der Waals surface area contributed by atoms with Crippen LogP contribution in [-0.4, -0.2) is 13.1 Å². The number of benzene rings is 3. The average Bonchev–Trinajstić information content (AvgIpc) is 2.79. The van der Waals surface area contributed by atoms with Crippen LogP contribution in [0.2, 0.25) is 0 Å². The number of hydrogen-bond donors (Lipinski definition) is 1. The number of nitrogens with one attached hydrogen (secondary N) is 1. The molecule has 1 aliphatic carbocycles. The van der Waals surface area contributed by atoms with Gasteiger partial charge in [-0.2, -0.15) is 0 Å². The molecular formula is C27H32KN2O+. The van der Waals surface area contributed by atoms with E-state index in [-0.39, 0.29) is 51.4 Å². The molecular weight excluding hydrogens is 407 g/mol. The van der Waals surface area contributed by atoms with E-state index >= 15 is 0 Å². The average molecular weight is 440 g/mol. The van der Waals surface area contributed by atoms with Crippen LogP contribution in [0.15, 0.2) is 65.1 Å². The third-order valence-electron chi connectivity index (χ3n) is 5.09. The van der Waals surface area contributed by atoms with Crippen molar-refractivity contribution in [3.8, 4) is 22.5 Å². The first kappa shape index (κ1) is 25.8. The van der Waals surface area contributed by atoms with E-state index in [2.05, 4.69) is 84.8 Å². The van der Waals surface area contributed by atoms with Crippen molar-refractivity contribution >= 4 is 16.7 Å². The minimum Gasteiger partial charge on any atom is -0.684 e. The molecule has 156 valence electrons. The maximum Gasteiger partial charge on any atom is 1.00 e. The second kappa shape index (κ2) is 12.6. The summed E-state index contributed by atoms with van der Waals surface area (Å²) in [4.78, 5) is 3.38. The van der Waals surface area contributed by atoms with Crippen molar-refractivity contribution in [1.82, 2.24) is 0 Å². The first-order chi connectivity index (χ1) is 14.7. The summed E-state index contributed by atoms with van der Waals surface area (Å²) in [7, 11) is 0. The van der Waals surface area contributed by atoms with Crippen molar-refractivity contribution < 1.29 is 60.8 Å². The monoisotopic (exact) mass is 439 g/mol. The molecule has 0 amide bonds. The van der Waals surface area contributed by atoms with Gasteiger partial charge in [0, 0.05) is 22.6 Å². The molecule has 1 heterocycles. The Labute approximate surface area is 228 Å². The van der Waals surface area contributed by atoms with Crippen molar-refractivity contribution in [2.24, 2.45) is 0 Å². The van der Waals surface area contributed by atoms with Crippen molar-refractivity contribution in [1.29, 1.82) is 0 Å². The van der Waals surface area contributed by atoms with Crippen LogP contribution in [0.3, 0.4) is 0 Å². The maximum atomic E-state index is 6.36. The summed E-state index contributed by atoms with van der Waals surface area (Å²) in [5.74, 6) is 0.889. The first-order valence-corrected chi connectivity index (χ1v) is 11.1. The summed E-state index contributed by atoms with van der Waals surface area (Å²) >= 11 is 0. The van der Waals surface area contributed by atoms with E-state index in [1.807, 2.05) is 20.8 Å². The molecule has 0 aromatic heterocycles. The molecule has 0 fully saturated rings. The van der Waals surface area contributed by atoms with E-state index in [0.717, 1.165) is 52.8 Å². The molecule has 3 nitrogen and oxygen atoms in total. The molecule has 31 heavy (non-hydrogen) atoms. The molecule has 0 unspecified atom stereocenters. The normalized spacial score (nSPS) is 11.1. The zero-order chi connectivity index (χ0) is 21.5. The summed E-state index contributed by atoms with van der Waals surface area (Å²) in [6, 6.07) is 21.3. The van der Waals surface area contributed by atoms with Crippen LogP contribution >= 0.6 is 0 Å². The minimum atomic E-state index is 0. The van der Waals surface area contributed by atoms with Crippen molar-refractivity contribution in [3.05, 3.63) is 76.9 Å². The minimum absolute atomic E-state index is 0. The van der Waals surface area contributed by atoms with Gasteiger partial charge in [0.2, 0.25) is 5.36 Å².